The lowest BCUT2D eigenvalue weighted by Crippen LogP contribution is -2.21. The Morgan fingerprint density at radius 1 is 1.48 bits per heavy atom. The van der Waals surface area contributed by atoms with Gasteiger partial charge in [0.05, 0.1) is 6.61 Å². The third-order valence-electron chi connectivity index (χ3n) is 1.60. The van der Waals surface area contributed by atoms with E-state index in [0.29, 0.717) is 6.54 Å². The Hall–Kier alpha value is -0.560. The minimum absolute atomic E-state index is 0.219. The predicted octanol–water partition coefficient (Wildman–Crippen LogP) is 0.847. The number of ether oxygens (including phenoxy) is 1. The second kappa shape index (κ2) is 12.0. The van der Waals surface area contributed by atoms with Gasteiger partial charge in [-0.15, -0.1) is 0 Å². The zero-order chi connectivity index (χ0) is 16.9. The first kappa shape index (κ1) is 22.7. The molecule has 0 aliphatic carbocycles. The first-order chi connectivity index (χ1) is 9.60. The average molecular weight is 356 g/mol. The SMILES string of the molecule is CSC1=NCCCO1.NCCCO.O=S(=O)(O)C(F)(F)F. The van der Waals surface area contributed by atoms with Crippen molar-refractivity contribution < 1.29 is 36.0 Å². The van der Waals surface area contributed by atoms with Gasteiger partial charge in [-0.1, -0.05) is 11.8 Å². The predicted molar refractivity (Wildman–Crippen MR) is 74.7 cm³/mol. The standard InChI is InChI=1S/C5H9NOS.C3H9NO.CHF3O3S/c1-8-5-6-3-2-4-7-5;4-2-1-3-5;2-1(3,4)8(5,6)7/h2-4H2,1H3;5H,1-4H2;(H,5,6,7). The van der Waals surface area contributed by atoms with Crippen LogP contribution in [0, 0.1) is 0 Å². The molecule has 128 valence electrons. The first-order valence-corrected chi connectivity index (χ1v) is 8.32. The van der Waals surface area contributed by atoms with E-state index in [0.717, 1.165) is 31.2 Å². The molecule has 7 nitrogen and oxygen atoms in total. The van der Waals surface area contributed by atoms with E-state index < -0.39 is 15.6 Å². The molecule has 0 saturated heterocycles. The quantitative estimate of drug-likeness (QED) is 0.495. The smallest absolute Gasteiger partial charge is 0.473 e. The van der Waals surface area contributed by atoms with Gasteiger partial charge in [-0.25, -0.2) is 4.99 Å². The number of halogens is 3. The number of aliphatic imine (C=N–C) groups is 1. The van der Waals surface area contributed by atoms with Crippen molar-refractivity contribution in [3.8, 4) is 0 Å². The monoisotopic (exact) mass is 356 g/mol. The highest BCUT2D eigenvalue weighted by Gasteiger charge is 2.44. The summed E-state index contributed by atoms with van der Waals surface area (Å²) in [6.07, 6.45) is 3.77. The van der Waals surface area contributed by atoms with Gasteiger partial charge in [-0.3, -0.25) is 4.55 Å². The summed E-state index contributed by atoms with van der Waals surface area (Å²) < 4.78 is 62.7. The summed E-state index contributed by atoms with van der Waals surface area (Å²) >= 11 is 1.57. The summed E-state index contributed by atoms with van der Waals surface area (Å²) in [6.45, 7) is 2.60. The molecule has 1 heterocycles. The van der Waals surface area contributed by atoms with Crippen molar-refractivity contribution in [3.05, 3.63) is 0 Å². The van der Waals surface area contributed by atoms with Crippen LogP contribution in [0.15, 0.2) is 4.99 Å². The van der Waals surface area contributed by atoms with E-state index in [1.807, 2.05) is 6.26 Å². The minimum atomic E-state index is -5.84. The molecule has 0 bridgehead atoms. The van der Waals surface area contributed by atoms with E-state index in [2.05, 4.69) is 4.99 Å². The summed E-state index contributed by atoms with van der Waals surface area (Å²) in [4.78, 5) is 4.11. The number of thioether (sulfide) groups is 1. The van der Waals surface area contributed by atoms with Crippen LogP contribution < -0.4 is 5.73 Å². The number of rotatable bonds is 2. The molecule has 0 radical (unpaired) electrons. The van der Waals surface area contributed by atoms with Crippen LogP contribution in [0.3, 0.4) is 0 Å². The summed E-state index contributed by atoms with van der Waals surface area (Å²) in [6, 6.07) is 0. The number of nitrogens with zero attached hydrogens (tertiary/aromatic N) is 1. The van der Waals surface area contributed by atoms with Crippen LogP contribution in [0.5, 0.6) is 0 Å². The second-order valence-corrected chi connectivity index (χ2v) is 5.51. The van der Waals surface area contributed by atoms with Gasteiger partial charge in [-0.05, 0) is 19.2 Å². The van der Waals surface area contributed by atoms with Crippen LogP contribution in [-0.2, 0) is 14.9 Å². The Bertz CT molecular complexity index is 385. The van der Waals surface area contributed by atoms with Gasteiger partial charge < -0.3 is 15.6 Å². The highest BCUT2D eigenvalue weighted by Crippen LogP contribution is 2.20. The van der Waals surface area contributed by atoms with Gasteiger partial charge in [-0.2, -0.15) is 21.6 Å². The van der Waals surface area contributed by atoms with Crippen molar-refractivity contribution in [2.45, 2.75) is 18.3 Å². The van der Waals surface area contributed by atoms with Crippen molar-refractivity contribution in [2.24, 2.45) is 10.7 Å². The molecule has 4 N–H and O–H groups in total. The Balaban J connectivity index is 0. The molecule has 1 aliphatic rings. The molecule has 12 heteroatoms. The van der Waals surface area contributed by atoms with E-state index in [4.69, 9.17) is 28.5 Å². The van der Waals surface area contributed by atoms with E-state index in [1.165, 1.54) is 0 Å². The fourth-order valence-electron chi connectivity index (χ4n) is 0.655. The Morgan fingerprint density at radius 3 is 2.14 bits per heavy atom. The second-order valence-electron chi connectivity index (χ2n) is 3.34. The lowest BCUT2D eigenvalue weighted by atomic mass is 10.4. The van der Waals surface area contributed by atoms with E-state index >= 15 is 0 Å². The number of aliphatic hydroxyl groups excluding tert-OH is 1. The number of aliphatic hydroxyl groups is 1. The van der Waals surface area contributed by atoms with Crippen molar-refractivity contribution in [1.82, 2.24) is 0 Å². The number of hydrogen-bond acceptors (Lipinski definition) is 7. The van der Waals surface area contributed by atoms with E-state index in [-0.39, 0.29) is 6.61 Å². The average Bonchev–Trinajstić information content (AvgIpc) is 2.40. The van der Waals surface area contributed by atoms with Gasteiger partial charge in [0.2, 0.25) is 5.23 Å². The van der Waals surface area contributed by atoms with Crippen LogP contribution in [0.1, 0.15) is 12.8 Å². The summed E-state index contributed by atoms with van der Waals surface area (Å²) in [7, 11) is -5.84. The third-order valence-corrected chi connectivity index (χ3v) is 2.78. The van der Waals surface area contributed by atoms with Gasteiger partial charge in [0.1, 0.15) is 0 Å². The molecule has 0 amide bonds. The zero-order valence-electron chi connectivity index (χ0n) is 11.3. The van der Waals surface area contributed by atoms with Crippen LogP contribution in [0.2, 0.25) is 0 Å². The van der Waals surface area contributed by atoms with Gasteiger partial charge in [0.15, 0.2) is 0 Å². The number of hydrogen-bond donors (Lipinski definition) is 3. The highest BCUT2D eigenvalue weighted by molar-refractivity contribution is 8.12. The normalized spacial score (nSPS) is 14.7. The fourth-order valence-corrected chi connectivity index (χ4v) is 1.08. The molecule has 0 aromatic carbocycles. The molecule has 1 aliphatic heterocycles. The topological polar surface area (TPSA) is 122 Å². The maximum absolute atomic E-state index is 10.7. The van der Waals surface area contributed by atoms with E-state index in [9.17, 15) is 13.2 Å². The molecule has 1 rings (SSSR count). The summed E-state index contributed by atoms with van der Waals surface area (Å²) in [5, 5.41) is 8.83. The van der Waals surface area contributed by atoms with Crippen molar-refractivity contribution in [2.75, 3.05) is 32.6 Å². The summed E-state index contributed by atoms with van der Waals surface area (Å²) in [5.74, 6) is 0. The molecular weight excluding hydrogens is 337 g/mol. The molecular formula is C9H19F3N2O5S2. The van der Waals surface area contributed by atoms with Gasteiger partial charge >= 0.3 is 15.6 Å². The largest absolute Gasteiger partial charge is 0.522 e. The molecule has 0 atom stereocenters. The molecule has 0 spiro atoms. The Morgan fingerprint density at radius 2 is 2.00 bits per heavy atom. The number of alkyl halides is 3. The highest BCUT2D eigenvalue weighted by atomic mass is 32.2. The molecule has 0 fully saturated rings. The van der Waals surface area contributed by atoms with Crippen LogP contribution in [0.4, 0.5) is 13.2 Å². The first-order valence-electron chi connectivity index (χ1n) is 5.66. The van der Waals surface area contributed by atoms with Crippen molar-refractivity contribution in [1.29, 1.82) is 0 Å². The molecule has 0 unspecified atom stereocenters. The van der Waals surface area contributed by atoms with E-state index in [1.54, 1.807) is 11.8 Å². The maximum atomic E-state index is 10.7. The maximum Gasteiger partial charge on any atom is 0.522 e. The van der Waals surface area contributed by atoms with Crippen LogP contribution in [-0.4, -0.2) is 61.4 Å². The Labute approximate surface area is 125 Å². The third kappa shape index (κ3) is 14.2. The molecule has 0 aromatic rings. The van der Waals surface area contributed by atoms with Crippen molar-refractivity contribution >= 4 is 27.1 Å². The van der Waals surface area contributed by atoms with Crippen LogP contribution in [0.25, 0.3) is 0 Å². The van der Waals surface area contributed by atoms with Gasteiger partial charge in [0, 0.05) is 19.6 Å². The van der Waals surface area contributed by atoms with Crippen molar-refractivity contribution in [3.63, 3.8) is 0 Å². The van der Waals surface area contributed by atoms with Crippen LogP contribution >= 0.6 is 11.8 Å². The summed E-state index contributed by atoms with van der Waals surface area (Å²) in [5.41, 5.74) is -0.556. The molecule has 21 heavy (non-hydrogen) atoms. The Kier molecular flexibility index (Phi) is 13.0. The number of nitrogens with two attached hydrogens (primary N) is 1. The fraction of sp³-hybridized carbons (Fsp3) is 0.889. The zero-order valence-corrected chi connectivity index (χ0v) is 13.0. The molecule has 0 saturated carbocycles. The lowest BCUT2D eigenvalue weighted by molar-refractivity contribution is -0.0510. The molecule has 0 aromatic heterocycles. The lowest BCUT2D eigenvalue weighted by Gasteiger charge is -2.09. The minimum Gasteiger partial charge on any atom is -0.473 e. The van der Waals surface area contributed by atoms with Gasteiger partial charge in [0.25, 0.3) is 0 Å².